The number of hydrogen-bond donors (Lipinski definition) is 3. The molecule has 2 aliphatic rings. The van der Waals surface area contributed by atoms with Crippen LogP contribution in [0.1, 0.15) is 45.1 Å². The molecular weight excluding hydrogens is 362 g/mol. The zero-order chi connectivity index (χ0) is 20.0. The summed E-state index contributed by atoms with van der Waals surface area (Å²) >= 11 is 1.72. The number of thioether (sulfide) groups is 1. The monoisotopic (exact) mass is 391 g/mol. The van der Waals surface area contributed by atoms with Crippen molar-refractivity contribution in [1.29, 1.82) is 0 Å². The zero-order valence-electron chi connectivity index (χ0n) is 16.1. The highest BCUT2D eigenvalue weighted by atomic mass is 32.2. The molecule has 5 nitrogen and oxygen atoms in total. The number of carbonyl (C=O) groups is 2. The molecule has 0 heterocycles. The van der Waals surface area contributed by atoms with E-state index in [1.165, 1.54) is 5.56 Å². The van der Waals surface area contributed by atoms with E-state index < -0.39 is 28.8 Å². The van der Waals surface area contributed by atoms with E-state index in [0.29, 0.717) is 18.8 Å². The van der Waals surface area contributed by atoms with Crippen molar-refractivity contribution in [2.45, 2.75) is 50.3 Å². The molecule has 27 heavy (non-hydrogen) atoms. The van der Waals surface area contributed by atoms with Crippen molar-refractivity contribution in [3.8, 4) is 0 Å². The molecule has 7 unspecified atom stereocenters. The predicted molar refractivity (Wildman–Crippen MR) is 107 cm³/mol. The molecule has 4 N–H and O–H groups in total. The SMILES string of the molecule is CCC1C(SCC(C)c2ccccc2)C2C(C(=O)O)C2(CC)C1(N)C(=O)O. The standard InChI is InChI=1S/C21H29NO4S/c1-4-14-17(27-11-12(3)13-9-7-6-8-10-13)15-16(18(23)24)20(15,5-2)21(14,22)19(25)26/h6-10,12,14-17H,4-5,11,22H2,1-3H3,(H,23,24)(H,25,26). The first kappa shape index (κ1) is 20.2. The van der Waals surface area contributed by atoms with Gasteiger partial charge in [-0.1, -0.05) is 51.1 Å². The highest BCUT2D eigenvalue weighted by Gasteiger charge is 2.86. The minimum atomic E-state index is -1.47. The number of benzene rings is 1. The van der Waals surface area contributed by atoms with Crippen molar-refractivity contribution in [3.63, 3.8) is 0 Å². The van der Waals surface area contributed by atoms with Gasteiger partial charge in [0.15, 0.2) is 0 Å². The number of carboxylic acid groups (broad SMARTS) is 2. The molecule has 3 rings (SSSR count). The summed E-state index contributed by atoms with van der Waals surface area (Å²) < 4.78 is 0. The molecule has 0 bridgehead atoms. The summed E-state index contributed by atoms with van der Waals surface area (Å²) in [7, 11) is 0. The van der Waals surface area contributed by atoms with Crippen molar-refractivity contribution in [2.24, 2.45) is 28.9 Å². The number of hydrogen-bond acceptors (Lipinski definition) is 4. The third kappa shape index (κ3) is 2.71. The smallest absolute Gasteiger partial charge is 0.324 e. The second kappa shape index (κ2) is 7.13. The molecule has 148 valence electrons. The third-order valence-electron chi connectivity index (χ3n) is 7.06. The Morgan fingerprint density at radius 2 is 1.85 bits per heavy atom. The lowest BCUT2D eigenvalue weighted by atomic mass is 9.71. The number of carboxylic acids is 2. The quantitative estimate of drug-likeness (QED) is 0.628. The Labute approximate surface area is 164 Å². The molecule has 2 saturated carbocycles. The summed E-state index contributed by atoms with van der Waals surface area (Å²) in [4.78, 5) is 24.1. The fourth-order valence-corrected chi connectivity index (χ4v) is 7.68. The summed E-state index contributed by atoms with van der Waals surface area (Å²) in [5.41, 5.74) is 5.48. The van der Waals surface area contributed by atoms with E-state index in [9.17, 15) is 19.8 Å². The first-order chi connectivity index (χ1) is 12.8. The van der Waals surface area contributed by atoms with E-state index in [-0.39, 0.29) is 17.1 Å². The van der Waals surface area contributed by atoms with Gasteiger partial charge >= 0.3 is 11.9 Å². The second-order valence-electron chi connectivity index (χ2n) is 8.03. The van der Waals surface area contributed by atoms with Crippen molar-refractivity contribution < 1.29 is 19.8 Å². The maximum absolute atomic E-state index is 12.2. The fraction of sp³-hybridized carbons (Fsp3) is 0.619. The van der Waals surface area contributed by atoms with Crippen molar-refractivity contribution in [3.05, 3.63) is 35.9 Å². The molecule has 0 aliphatic heterocycles. The maximum Gasteiger partial charge on any atom is 0.324 e. The normalized spacial score (nSPS) is 38.2. The van der Waals surface area contributed by atoms with Crippen molar-refractivity contribution >= 4 is 23.7 Å². The molecule has 0 aromatic heterocycles. The summed E-state index contributed by atoms with van der Waals surface area (Å²) in [5, 5.41) is 19.7. The Hall–Kier alpha value is -1.53. The van der Waals surface area contributed by atoms with Crippen LogP contribution in [0.4, 0.5) is 0 Å². The van der Waals surface area contributed by atoms with E-state index >= 15 is 0 Å². The summed E-state index contributed by atoms with van der Waals surface area (Å²) in [5.74, 6) is -1.87. The molecule has 0 radical (unpaired) electrons. The molecule has 0 spiro atoms. The fourth-order valence-electron chi connectivity index (χ4n) is 5.73. The molecule has 6 heteroatoms. The minimum absolute atomic E-state index is 0.0386. The summed E-state index contributed by atoms with van der Waals surface area (Å²) in [6.07, 6.45) is 1.13. The zero-order valence-corrected chi connectivity index (χ0v) is 16.9. The largest absolute Gasteiger partial charge is 0.481 e. The Balaban J connectivity index is 1.88. The maximum atomic E-state index is 12.2. The van der Waals surface area contributed by atoms with E-state index in [0.717, 1.165) is 5.75 Å². The van der Waals surface area contributed by atoms with Crippen molar-refractivity contribution in [1.82, 2.24) is 0 Å². The van der Waals surface area contributed by atoms with Gasteiger partial charge in [-0.05, 0) is 30.2 Å². The van der Waals surface area contributed by atoms with Gasteiger partial charge < -0.3 is 15.9 Å². The van der Waals surface area contributed by atoms with Crippen LogP contribution >= 0.6 is 11.8 Å². The Kier molecular flexibility index (Phi) is 5.34. The van der Waals surface area contributed by atoms with Gasteiger partial charge in [-0.25, -0.2) is 0 Å². The van der Waals surface area contributed by atoms with E-state index in [1.807, 2.05) is 32.0 Å². The molecule has 2 aliphatic carbocycles. The Bertz CT molecular complexity index is 726. The average molecular weight is 392 g/mol. The average Bonchev–Trinajstić information content (AvgIpc) is 3.30. The number of aliphatic carboxylic acids is 2. The van der Waals surface area contributed by atoms with Gasteiger partial charge in [0.1, 0.15) is 5.54 Å². The van der Waals surface area contributed by atoms with Crippen LogP contribution < -0.4 is 5.73 Å². The molecular formula is C21H29NO4S. The minimum Gasteiger partial charge on any atom is -0.481 e. The van der Waals surface area contributed by atoms with E-state index in [1.54, 1.807) is 11.8 Å². The van der Waals surface area contributed by atoms with Gasteiger partial charge in [-0.3, -0.25) is 9.59 Å². The third-order valence-corrected chi connectivity index (χ3v) is 8.76. The van der Waals surface area contributed by atoms with Crippen LogP contribution in [-0.2, 0) is 9.59 Å². The highest BCUT2D eigenvalue weighted by Crippen LogP contribution is 2.77. The van der Waals surface area contributed by atoms with Crippen molar-refractivity contribution in [2.75, 3.05) is 5.75 Å². The lowest BCUT2D eigenvalue weighted by Crippen LogP contribution is -2.61. The molecule has 7 atom stereocenters. The van der Waals surface area contributed by atoms with Crippen LogP contribution in [0.5, 0.6) is 0 Å². The van der Waals surface area contributed by atoms with E-state index in [2.05, 4.69) is 19.1 Å². The molecule has 1 aromatic rings. The summed E-state index contributed by atoms with van der Waals surface area (Å²) in [6, 6.07) is 10.2. The molecule has 1 aromatic carbocycles. The summed E-state index contributed by atoms with van der Waals surface area (Å²) in [6.45, 7) is 6.00. The van der Waals surface area contributed by atoms with Crippen LogP contribution in [0.25, 0.3) is 0 Å². The van der Waals surface area contributed by atoms with Gasteiger partial charge in [0.05, 0.1) is 5.92 Å². The highest BCUT2D eigenvalue weighted by molar-refractivity contribution is 8.00. The Morgan fingerprint density at radius 1 is 1.22 bits per heavy atom. The van der Waals surface area contributed by atoms with Crippen LogP contribution in [0.2, 0.25) is 0 Å². The van der Waals surface area contributed by atoms with Crippen LogP contribution in [0.15, 0.2) is 30.3 Å². The van der Waals surface area contributed by atoms with Crippen LogP contribution in [-0.4, -0.2) is 38.7 Å². The van der Waals surface area contributed by atoms with Gasteiger partial charge in [0.25, 0.3) is 0 Å². The number of rotatable bonds is 8. The van der Waals surface area contributed by atoms with Gasteiger partial charge in [0, 0.05) is 22.3 Å². The lowest BCUT2D eigenvalue weighted by Gasteiger charge is -2.38. The number of fused-ring (bicyclic) bond motifs is 1. The Morgan fingerprint density at radius 3 is 2.33 bits per heavy atom. The topological polar surface area (TPSA) is 101 Å². The van der Waals surface area contributed by atoms with Crippen LogP contribution in [0.3, 0.4) is 0 Å². The molecule has 2 fully saturated rings. The van der Waals surface area contributed by atoms with E-state index in [4.69, 9.17) is 5.73 Å². The first-order valence-corrected chi connectivity index (χ1v) is 10.7. The first-order valence-electron chi connectivity index (χ1n) is 9.68. The molecule has 0 amide bonds. The second-order valence-corrected chi connectivity index (χ2v) is 9.25. The van der Waals surface area contributed by atoms with Crippen LogP contribution in [0, 0.1) is 23.2 Å². The van der Waals surface area contributed by atoms with Gasteiger partial charge in [-0.2, -0.15) is 11.8 Å². The van der Waals surface area contributed by atoms with Gasteiger partial charge in [0.2, 0.25) is 0 Å². The lowest BCUT2D eigenvalue weighted by molar-refractivity contribution is -0.150. The number of nitrogens with two attached hydrogens (primary N) is 1. The molecule has 0 saturated heterocycles. The predicted octanol–water partition coefficient (Wildman–Crippen LogP) is 3.44. The van der Waals surface area contributed by atoms with Gasteiger partial charge in [-0.15, -0.1) is 0 Å².